The van der Waals surface area contributed by atoms with E-state index in [1.165, 1.54) is 0 Å². The maximum atomic E-state index is 9.17. The molecule has 1 N–H and O–H groups in total. The molecule has 1 rings (SSSR count). The van der Waals surface area contributed by atoms with Crippen LogP contribution in [0.25, 0.3) is 6.08 Å². The van der Waals surface area contributed by atoms with E-state index in [1.54, 1.807) is 0 Å². The van der Waals surface area contributed by atoms with Gasteiger partial charge in [0.25, 0.3) is 0 Å². The Morgan fingerprint density at radius 1 is 1.53 bits per heavy atom. The third-order valence-electron chi connectivity index (χ3n) is 2.22. The van der Waals surface area contributed by atoms with Crippen LogP contribution in [0, 0.1) is 5.92 Å². The van der Waals surface area contributed by atoms with Crippen molar-refractivity contribution in [2.24, 2.45) is 5.92 Å². The molecule has 0 unspecified atom stereocenters. The van der Waals surface area contributed by atoms with Gasteiger partial charge in [0.2, 0.25) is 0 Å². The summed E-state index contributed by atoms with van der Waals surface area (Å²) in [5, 5.41) is 9.86. The van der Waals surface area contributed by atoms with E-state index >= 15 is 0 Å². The summed E-state index contributed by atoms with van der Waals surface area (Å²) in [5.74, 6) is 0.345. The monoisotopic (exact) mass is 288 g/mol. The van der Waals surface area contributed by atoms with Gasteiger partial charge in [-0.05, 0) is 45.1 Å². The molecule has 15 heavy (non-hydrogen) atoms. The van der Waals surface area contributed by atoms with Gasteiger partial charge in [0.15, 0.2) is 0 Å². The molecule has 3 heteroatoms. The zero-order valence-corrected chi connectivity index (χ0v) is 11.1. The van der Waals surface area contributed by atoms with Crippen molar-refractivity contribution in [2.75, 3.05) is 6.61 Å². The Hall–Kier alpha value is -0.310. The molecule has 82 valence electrons. The average Bonchev–Trinajstić information content (AvgIpc) is 2.19. The summed E-state index contributed by atoms with van der Waals surface area (Å²) in [4.78, 5) is 0. The quantitative estimate of drug-likeness (QED) is 0.887. The van der Waals surface area contributed by atoms with E-state index in [1.807, 2.05) is 24.3 Å². The summed E-state index contributed by atoms with van der Waals surface area (Å²) >= 11 is 9.32. The van der Waals surface area contributed by atoms with E-state index in [4.69, 9.17) is 11.6 Å². The first kappa shape index (κ1) is 12.8. The van der Waals surface area contributed by atoms with E-state index < -0.39 is 0 Å². The van der Waals surface area contributed by atoms with E-state index in [0.29, 0.717) is 10.9 Å². The van der Waals surface area contributed by atoms with E-state index in [0.717, 1.165) is 15.6 Å². The standard InChI is InChI=1S/C12H14BrClO/c1-8(2)10(7-15)5-9-3-4-11(13)12(14)6-9/h3-6,8,15H,7H2,1-2H3/b10-5+. The van der Waals surface area contributed by atoms with Crippen molar-refractivity contribution in [3.63, 3.8) is 0 Å². The molecule has 0 bridgehead atoms. The van der Waals surface area contributed by atoms with Crippen LogP contribution in [-0.2, 0) is 0 Å². The van der Waals surface area contributed by atoms with Crippen LogP contribution in [-0.4, -0.2) is 11.7 Å². The molecular formula is C12H14BrClO. The Morgan fingerprint density at radius 3 is 2.67 bits per heavy atom. The lowest BCUT2D eigenvalue weighted by Crippen LogP contribution is -1.98. The van der Waals surface area contributed by atoms with Crippen LogP contribution in [0.1, 0.15) is 19.4 Å². The first-order chi connectivity index (χ1) is 7.04. The maximum Gasteiger partial charge on any atom is 0.0647 e. The van der Waals surface area contributed by atoms with Crippen LogP contribution in [0.3, 0.4) is 0 Å². The van der Waals surface area contributed by atoms with Crippen molar-refractivity contribution in [3.05, 3.63) is 38.8 Å². The first-order valence-corrected chi connectivity index (χ1v) is 5.98. The Bertz CT molecular complexity index is 372. The molecule has 0 radical (unpaired) electrons. The van der Waals surface area contributed by atoms with Gasteiger partial charge in [-0.3, -0.25) is 0 Å². The smallest absolute Gasteiger partial charge is 0.0647 e. The summed E-state index contributed by atoms with van der Waals surface area (Å²) in [6, 6.07) is 5.75. The topological polar surface area (TPSA) is 20.2 Å². The van der Waals surface area contributed by atoms with Crippen molar-refractivity contribution in [3.8, 4) is 0 Å². The molecule has 0 fully saturated rings. The molecule has 1 aromatic carbocycles. The molecule has 0 amide bonds. The molecule has 0 aliphatic heterocycles. The van der Waals surface area contributed by atoms with Crippen LogP contribution >= 0.6 is 27.5 Å². The number of aliphatic hydroxyl groups excluding tert-OH is 1. The molecular weight excluding hydrogens is 275 g/mol. The van der Waals surface area contributed by atoms with Crippen LogP contribution in [0.2, 0.25) is 5.02 Å². The normalized spacial score (nSPS) is 12.3. The van der Waals surface area contributed by atoms with E-state index in [2.05, 4.69) is 29.8 Å². The highest BCUT2D eigenvalue weighted by Crippen LogP contribution is 2.25. The maximum absolute atomic E-state index is 9.17. The summed E-state index contributed by atoms with van der Waals surface area (Å²) in [6.07, 6.45) is 1.98. The minimum Gasteiger partial charge on any atom is -0.392 e. The van der Waals surface area contributed by atoms with Crippen molar-refractivity contribution >= 4 is 33.6 Å². The van der Waals surface area contributed by atoms with E-state index in [9.17, 15) is 5.11 Å². The van der Waals surface area contributed by atoms with Crippen molar-refractivity contribution in [1.29, 1.82) is 0 Å². The van der Waals surface area contributed by atoms with Gasteiger partial charge < -0.3 is 5.11 Å². The number of aliphatic hydroxyl groups is 1. The van der Waals surface area contributed by atoms with Crippen LogP contribution in [0.4, 0.5) is 0 Å². The number of hydrogen-bond donors (Lipinski definition) is 1. The fourth-order valence-corrected chi connectivity index (χ4v) is 1.65. The fraction of sp³-hybridized carbons (Fsp3) is 0.333. The van der Waals surface area contributed by atoms with Gasteiger partial charge in [-0.1, -0.05) is 37.6 Å². The third kappa shape index (κ3) is 3.63. The summed E-state index contributed by atoms with van der Waals surface area (Å²) < 4.78 is 0.886. The van der Waals surface area contributed by atoms with Crippen molar-refractivity contribution in [2.45, 2.75) is 13.8 Å². The van der Waals surface area contributed by atoms with E-state index in [-0.39, 0.29) is 6.61 Å². The molecule has 0 heterocycles. The highest BCUT2D eigenvalue weighted by Gasteiger charge is 2.03. The Kier molecular flexibility index (Phi) is 4.84. The van der Waals surface area contributed by atoms with Crippen molar-refractivity contribution < 1.29 is 5.11 Å². The zero-order chi connectivity index (χ0) is 11.4. The van der Waals surface area contributed by atoms with Gasteiger partial charge in [0, 0.05) is 4.47 Å². The lowest BCUT2D eigenvalue weighted by Gasteiger charge is -2.08. The molecule has 0 saturated heterocycles. The predicted molar refractivity (Wildman–Crippen MR) is 69.1 cm³/mol. The van der Waals surface area contributed by atoms with Crippen molar-refractivity contribution in [1.82, 2.24) is 0 Å². The van der Waals surface area contributed by atoms with Crippen LogP contribution in [0.5, 0.6) is 0 Å². The largest absolute Gasteiger partial charge is 0.392 e. The van der Waals surface area contributed by atoms with Gasteiger partial charge in [0.05, 0.1) is 11.6 Å². The second-order valence-corrected chi connectivity index (χ2v) is 4.97. The molecule has 0 aliphatic rings. The number of benzene rings is 1. The fourth-order valence-electron chi connectivity index (χ4n) is 1.21. The third-order valence-corrected chi connectivity index (χ3v) is 3.45. The summed E-state index contributed by atoms with van der Waals surface area (Å²) in [7, 11) is 0. The minimum atomic E-state index is 0.0886. The molecule has 0 aliphatic carbocycles. The first-order valence-electron chi connectivity index (χ1n) is 4.81. The van der Waals surface area contributed by atoms with Crippen LogP contribution < -0.4 is 0 Å². The van der Waals surface area contributed by atoms with Gasteiger partial charge in [-0.25, -0.2) is 0 Å². The Labute approximate surface area is 104 Å². The van der Waals surface area contributed by atoms with Gasteiger partial charge in [-0.2, -0.15) is 0 Å². The molecule has 0 atom stereocenters. The predicted octanol–water partition coefficient (Wildman–Crippen LogP) is 4.13. The van der Waals surface area contributed by atoms with Crippen LogP contribution in [0.15, 0.2) is 28.2 Å². The summed E-state index contributed by atoms with van der Waals surface area (Å²) in [5.41, 5.74) is 2.02. The minimum absolute atomic E-state index is 0.0886. The zero-order valence-electron chi connectivity index (χ0n) is 8.80. The van der Waals surface area contributed by atoms with Gasteiger partial charge >= 0.3 is 0 Å². The van der Waals surface area contributed by atoms with Gasteiger partial charge in [0.1, 0.15) is 0 Å². The lowest BCUT2D eigenvalue weighted by molar-refractivity contribution is 0.320. The number of hydrogen-bond acceptors (Lipinski definition) is 1. The second kappa shape index (κ2) is 5.69. The number of rotatable bonds is 3. The molecule has 1 aromatic rings. The Morgan fingerprint density at radius 2 is 2.20 bits per heavy atom. The summed E-state index contributed by atoms with van der Waals surface area (Å²) in [6.45, 7) is 4.20. The highest BCUT2D eigenvalue weighted by atomic mass is 79.9. The molecule has 0 saturated carbocycles. The highest BCUT2D eigenvalue weighted by molar-refractivity contribution is 9.10. The Balaban J connectivity index is 3.01. The second-order valence-electron chi connectivity index (χ2n) is 3.71. The number of halogens is 2. The molecule has 0 aromatic heterocycles. The average molecular weight is 290 g/mol. The van der Waals surface area contributed by atoms with Gasteiger partial charge in [-0.15, -0.1) is 0 Å². The lowest BCUT2D eigenvalue weighted by atomic mass is 10.0. The SMILES string of the molecule is CC(C)/C(=C/c1ccc(Br)c(Cl)c1)CO. The molecule has 0 spiro atoms. The molecule has 1 nitrogen and oxygen atoms in total.